The van der Waals surface area contributed by atoms with E-state index >= 15 is 0 Å². The molecule has 4 heteroatoms. The third-order valence-electron chi connectivity index (χ3n) is 3.42. The third kappa shape index (κ3) is 2.05. The summed E-state index contributed by atoms with van der Waals surface area (Å²) in [4.78, 5) is 12.4. The zero-order chi connectivity index (χ0) is 11.9. The van der Waals surface area contributed by atoms with Crippen LogP contribution < -0.4 is 0 Å². The molecule has 1 aromatic heterocycles. The number of carbonyl (C=O) groups is 1. The van der Waals surface area contributed by atoms with Crippen LogP contribution in [-0.2, 0) is 12.8 Å². The van der Waals surface area contributed by atoms with E-state index in [2.05, 4.69) is 29.8 Å². The van der Waals surface area contributed by atoms with Crippen molar-refractivity contribution in [2.75, 3.05) is 0 Å². The standard InChI is InChI=1S/C12H15BrO2S/c1-6(2)7-3-4-8-9(5-7)16-11(13)10(8)12(14)15/h6-7H,3-5H2,1-2H3,(H,14,15). The molecular formula is C12H15BrO2S. The predicted octanol–water partition coefficient (Wildman–Crippen LogP) is 3.97. The topological polar surface area (TPSA) is 37.3 Å². The summed E-state index contributed by atoms with van der Waals surface area (Å²) in [6, 6.07) is 0. The van der Waals surface area contributed by atoms with Crippen molar-refractivity contribution in [1.82, 2.24) is 0 Å². The molecule has 2 rings (SSSR count). The fourth-order valence-corrected chi connectivity index (χ4v) is 4.51. The molecule has 1 aliphatic rings. The number of carboxylic acids is 1. The Morgan fingerprint density at radius 1 is 1.56 bits per heavy atom. The van der Waals surface area contributed by atoms with E-state index in [1.807, 2.05) is 0 Å². The molecule has 0 saturated carbocycles. The lowest BCUT2D eigenvalue weighted by atomic mass is 9.81. The molecule has 16 heavy (non-hydrogen) atoms. The quantitative estimate of drug-likeness (QED) is 0.897. The van der Waals surface area contributed by atoms with Crippen LogP contribution in [-0.4, -0.2) is 11.1 Å². The van der Waals surface area contributed by atoms with Crippen molar-refractivity contribution in [2.45, 2.75) is 33.1 Å². The van der Waals surface area contributed by atoms with Gasteiger partial charge in [0.1, 0.15) is 0 Å². The molecule has 1 unspecified atom stereocenters. The summed E-state index contributed by atoms with van der Waals surface area (Å²) in [5.74, 6) is 0.592. The number of halogens is 1. The van der Waals surface area contributed by atoms with Crippen LogP contribution in [0.2, 0.25) is 0 Å². The summed E-state index contributed by atoms with van der Waals surface area (Å²) in [7, 11) is 0. The lowest BCUT2D eigenvalue weighted by molar-refractivity contribution is 0.0695. The fourth-order valence-electron chi connectivity index (χ4n) is 2.36. The molecule has 1 N–H and O–H groups in total. The molecule has 1 aliphatic carbocycles. The predicted molar refractivity (Wildman–Crippen MR) is 69.3 cm³/mol. The third-order valence-corrected chi connectivity index (χ3v) is 5.34. The number of fused-ring (bicyclic) bond motifs is 1. The first-order valence-corrected chi connectivity index (χ1v) is 7.15. The summed E-state index contributed by atoms with van der Waals surface area (Å²) in [5, 5.41) is 9.16. The van der Waals surface area contributed by atoms with Crippen LogP contribution in [0.4, 0.5) is 0 Å². The van der Waals surface area contributed by atoms with Gasteiger partial charge in [-0.15, -0.1) is 11.3 Å². The maximum atomic E-state index is 11.1. The maximum absolute atomic E-state index is 11.1. The molecule has 0 amide bonds. The molecule has 1 atom stereocenters. The van der Waals surface area contributed by atoms with E-state index in [0.29, 0.717) is 17.4 Å². The summed E-state index contributed by atoms with van der Waals surface area (Å²) >= 11 is 4.97. The molecule has 0 spiro atoms. The highest BCUT2D eigenvalue weighted by Gasteiger charge is 2.28. The van der Waals surface area contributed by atoms with Gasteiger partial charge in [0.15, 0.2) is 0 Å². The minimum Gasteiger partial charge on any atom is -0.478 e. The monoisotopic (exact) mass is 302 g/mol. The van der Waals surface area contributed by atoms with Gasteiger partial charge < -0.3 is 5.11 Å². The zero-order valence-electron chi connectivity index (χ0n) is 9.42. The second kappa shape index (κ2) is 4.49. The number of thiophene rings is 1. The molecule has 0 radical (unpaired) electrons. The van der Waals surface area contributed by atoms with Gasteiger partial charge >= 0.3 is 5.97 Å². The lowest BCUT2D eigenvalue weighted by Gasteiger charge is -2.25. The Balaban J connectivity index is 2.35. The zero-order valence-corrected chi connectivity index (χ0v) is 11.8. The Morgan fingerprint density at radius 2 is 2.25 bits per heavy atom. The molecular weight excluding hydrogens is 288 g/mol. The van der Waals surface area contributed by atoms with Crippen LogP contribution >= 0.6 is 27.3 Å². The van der Waals surface area contributed by atoms with E-state index in [1.54, 1.807) is 11.3 Å². The molecule has 2 nitrogen and oxygen atoms in total. The van der Waals surface area contributed by atoms with Gasteiger partial charge in [-0.1, -0.05) is 13.8 Å². The average Bonchev–Trinajstić information content (AvgIpc) is 2.51. The van der Waals surface area contributed by atoms with Crippen LogP contribution in [0.3, 0.4) is 0 Å². The summed E-state index contributed by atoms with van der Waals surface area (Å²) in [6.45, 7) is 4.49. The van der Waals surface area contributed by atoms with Crippen LogP contribution in [0.25, 0.3) is 0 Å². The normalized spacial score (nSPS) is 19.9. The summed E-state index contributed by atoms with van der Waals surface area (Å²) < 4.78 is 0.786. The van der Waals surface area contributed by atoms with Gasteiger partial charge in [-0.2, -0.15) is 0 Å². The number of hydrogen-bond donors (Lipinski definition) is 1. The molecule has 0 aliphatic heterocycles. The van der Waals surface area contributed by atoms with Crippen molar-refractivity contribution >= 4 is 33.2 Å². The SMILES string of the molecule is CC(C)C1CCc2c(sc(Br)c2C(=O)O)C1. The van der Waals surface area contributed by atoms with Crippen molar-refractivity contribution < 1.29 is 9.90 Å². The molecule has 1 aromatic rings. The van der Waals surface area contributed by atoms with E-state index in [-0.39, 0.29) is 0 Å². The van der Waals surface area contributed by atoms with E-state index in [4.69, 9.17) is 5.11 Å². The van der Waals surface area contributed by atoms with Gasteiger partial charge in [-0.05, 0) is 52.6 Å². The first kappa shape index (κ1) is 12.1. The highest BCUT2D eigenvalue weighted by atomic mass is 79.9. The number of carboxylic acid groups (broad SMARTS) is 1. The minimum atomic E-state index is -0.799. The van der Waals surface area contributed by atoms with Gasteiger partial charge in [-0.25, -0.2) is 4.79 Å². The van der Waals surface area contributed by atoms with E-state index in [1.165, 1.54) is 4.88 Å². The Morgan fingerprint density at radius 3 is 2.81 bits per heavy atom. The highest BCUT2D eigenvalue weighted by molar-refractivity contribution is 9.11. The average molecular weight is 303 g/mol. The fraction of sp³-hybridized carbons (Fsp3) is 0.583. The highest BCUT2D eigenvalue weighted by Crippen LogP contribution is 2.40. The second-order valence-electron chi connectivity index (χ2n) is 4.70. The van der Waals surface area contributed by atoms with Gasteiger partial charge in [0.2, 0.25) is 0 Å². The van der Waals surface area contributed by atoms with Crippen LogP contribution in [0.5, 0.6) is 0 Å². The van der Waals surface area contributed by atoms with E-state index in [9.17, 15) is 4.79 Å². The van der Waals surface area contributed by atoms with Crippen molar-refractivity contribution in [3.8, 4) is 0 Å². The Bertz CT molecular complexity index is 423. The van der Waals surface area contributed by atoms with Crippen LogP contribution in [0, 0.1) is 11.8 Å². The van der Waals surface area contributed by atoms with Crippen molar-refractivity contribution in [2.24, 2.45) is 11.8 Å². The molecule has 0 saturated heterocycles. The van der Waals surface area contributed by atoms with Gasteiger partial charge in [-0.3, -0.25) is 0 Å². The molecule has 88 valence electrons. The Kier molecular flexibility index (Phi) is 3.40. The minimum absolute atomic E-state index is 0.502. The molecule has 0 bridgehead atoms. The smallest absolute Gasteiger partial charge is 0.338 e. The largest absolute Gasteiger partial charge is 0.478 e. The van der Waals surface area contributed by atoms with Crippen LogP contribution in [0.1, 0.15) is 41.1 Å². The van der Waals surface area contributed by atoms with E-state index < -0.39 is 5.97 Å². The Labute approximate surface area is 108 Å². The van der Waals surface area contributed by atoms with Crippen molar-refractivity contribution in [3.63, 3.8) is 0 Å². The lowest BCUT2D eigenvalue weighted by Crippen LogP contribution is -2.18. The number of aromatic carboxylic acids is 1. The maximum Gasteiger partial charge on any atom is 0.338 e. The van der Waals surface area contributed by atoms with Crippen LogP contribution in [0.15, 0.2) is 3.79 Å². The first-order chi connectivity index (χ1) is 7.50. The number of rotatable bonds is 2. The molecule has 0 aromatic carbocycles. The molecule has 0 fully saturated rings. The van der Waals surface area contributed by atoms with Crippen molar-refractivity contribution in [3.05, 3.63) is 19.8 Å². The van der Waals surface area contributed by atoms with Gasteiger partial charge in [0.05, 0.1) is 9.35 Å². The van der Waals surface area contributed by atoms with E-state index in [0.717, 1.165) is 28.6 Å². The Hall–Kier alpha value is -0.350. The van der Waals surface area contributed by atoms with Gasteiger partial charge in [0, 0.05) is 4.88 Å². The first-order valence-electron chi connectivity index (χ1n) is 5.54. The summed E-state index contributed by atoms with van der Waals surface area (Å²) in [6.07, 6.45) is 3.08. The summed E-state index contributed by atoms with van der Waals surface area (Å²) in [5.41, 5.74) is 1.57. The van der Waals surface area contributed by atoms with Gasteiger partial charge in [0.25, 0.3) is 0 Å². The molecule has 1 heterocycles. The second-order valence-corrected chi connectivity index (χ2v) is 7.13. The number of hydrogen-bond acceptors (Lipinski definition) is 2. The van der Waals surface area contributed by atoms with Crippen molar-refractivity contribution in [1.29, 1.82) is 0 Å².